The van der Waals surface area contributed by atoms with Crippen molar-refractivity contribution in [3.05, 3.63) is 69.4 Å². The minimum Gasteiger partial charge on any atom is -0.444 e. The van der Waals surface area contributed by atoms with Crippen LogP contribution in [0.2, 0.25) is 0 Å². The van der Waals surface area contributed by atoms with Crippen molar-refractivity contribution < 1.29 is 28.6 Å². The van der Waals surface area contributed by atoms with Crippen LogP contribution in [0.3, 0.4) is 0 Å². The third kappa shape index (κ3) is 12.3. The molecule has 336 valence electrons. The summed E-state index contributed by atoms with van der Waals surface area (Å²) in [5, 5.41) is 19.7. The Hall–Kier alpha value is -4.37. The van der Waals surface area contributed by atoms with Gasteiger partial charge in [0.05, 0.1) is 40.2 Å². The van der Waals surface area contributed by atoms with Gasteiger partial charge < -0.3 is 45.7 Å². The first-order chi connectivity index (χ1) is 30.5. The van der Waals surface area contributed by atoms with E-state index in [1.807, 2.05) is 57.2 Å². The number of benzene rings is 2. The van der Waals surface area contributed by atoms with Crippen LogP contribution in [0.5, 0.6) is 0 Å². The van der Waals surface area contributed by atoms with E-state index >= 15 is 0 Å². The Kier molecular flexibility index (Phi) is 16.3. The highest BCUT2D eigenvalue weighted by Crippen LogP contribution is 2.47. The second kappa shape index (κ2) is 22.0. The molecule has 0 saturated carbocycles. The fourth-order valence-corrected chi connectivity index (χ4v) is 11.9. The first kappa shape index (κ1) is 46.6. The summed E-state index contributed by atoms with van der Waals surface area (Å²) in [6.45, 7) is 12.4. The molecule has 0 fully saturated rings. The van der Waals surface area contributed by atoms with Crippen LogP contribution in [0.25, 0.3) is 41.6 Å². The SMILES string of the molecule is COCCNCCC(=O)Nc1sc2c(c1-c1nc3ccccc3s1)CCN(C(=O)OC(C)(C)C)C2.COCCNCCC(=O)Nc1sc2c(c1-c1nc3ccccc3s1)CCNC2. The number of methoxy groups -OCH3 is 2. The molecule has 0 bridgehead atoms. The lowest BCUT2D eigenvalue weighted by molar-refractivity contribution is -0.116. The monoisotopic (exact) mass is 932 g/mol. The van der Waals surface area contributed by atoms with Crippen molar-refractivity contribution in [2.75, 3.05) is 77.3 Å². The molecule has 0 radical (unpaired) electrons. The van der Waals surface area contributed by atoms with Gasteiger partial charge in [0.2, 0.25) is 11.8 Å². The Balaban J connectivity index is 0.000000193. The summed E-state index contributed by atoms with van der Waals surface area (Å²) in [4.78, 5) is 51.8. The molecule has 14 nitrogen and oxygen atoms in total. The van der Waals surface area contributed by atoms with Gasteiger partial charge in [-0.25, -0.2) is 14.8 Å². The highest BCUT2D eigenvalue weighted by molar-refractivity contribution is 7.23. The number of carbonyl (C=O) groups is 3. The first-order valence-electron chi connectivity index (χ1n) is 21.2. The Morgan fingerprint density at radius 1 is 0.714 bits per heavy atom. The van der Waals surface area contributed by atoms with Gasteiger partial charge in [-0.05, 0) is 75.5 Å². The predicted molar refractivity (Wildman–Crippen MR) is 258 cm³/mol. The van der Waals surface area contributed by atoms with Gasteiger partial charge in [-0.2, -0.15) is 0 Å². The van der Waals surface area contributed by atoms with Gasteiger partial charge in [0.25, 0.3) is 0 Å². The standard InChI is InChI=1S/C25H32N4O4S2.C20H24N4O2S2/c1-25(2,3)33-24(31)29-13-10-16-19(15-29)35-23(28-20(30)9-11-26-12-14-32-4)21(16)22-27-17-7-5-6-8-18(17)34-22;1-26-11-10-21-9-7-17(25)24-20-18(13-6-8-22-12-16(13)28-20)19-23-14-4-2-3-5-15(14)27-19/h5-8,26H,9-15H2,1-4H3,(H,28,30);2-5,21-22H,6-12H2,1H3,(H,24,25). The molecule has 0 spiro atoms. The third-order valence-electron chi connectivity index (χ3n) is 10.2. The van der Waals surface area contributed by atoms with Gasteiger partial charge in [-0.3, -0.25) is 9.59 Å². The zero-order chi connectivity index (χ0) is 44.3. The molecule has 18 heteroatoms. The summed E-state index contributed by atoms with van der Waals surface area (Å²) in [6.07, 6.45) is 2.13. The second-order valence-electron chi connectivity index (χ2n) is 16.0. The summed E-state index contributed by atoms with van der Waals surface area (Å²) in [5.74, 6) is -0.0290. The van der Waals surface area contributed by atoms with E-state index < -0.39 is 5.60 Å². The van der Waals surface area contributed by atoms with Crippen LogP contribution in [0, 0.1) is 0 Å². The van der Waals surface area contributed by atoms with Crippen molar-refractivity contribution in [1.82, 2.24) is 30.8 Å². The van der Waals surface area contributed by atoms with E-state index in [0.29, 0.717) is 65.2 Å². The van der Waals surface area contributed by atoms with Gasteiger partial charge in [-0.1, -0.05) is 24.3 Å². The highest BCUT2D eigenvalue weighted by atomic mass is 32.1. The lowest BCUT2D eigenvalue weighted by atomic mass is 10.0. The molecule has 6 aromatic rings. The number of nitrogens with one attached hydrogen (secondary N) is 5. The van der Waals surface area contributed by atoms with Crippen LogP contribution in [-0.2, 0) is 49.7 Å². The van der Waals surface area contributed by atoms with Crippen molar-refractivity contribution in [2.24, 2.45) is 0 Å². The molecule has 2 aromatic carbocycles. The summed E-state index contributed by atoms with van der Waals surface area (Å²) < 4.78 is 17.9. The van der Waals surface area contributed by atoms with E-state index in [-0.39, 0.29) is 17.9 Å². The van der Waals surface area contributed by atoms with Gasteiger partial charge >= 0.3 is 6.09 Å². The summed E-state index contributed by atoms with van der Waals surface area (Å²) in [6, 6.07) is 16.2. The maximum Gasteiger partial charge on any atom is 0.410 e. The summed E-state index contributed by atoms with van der Waals surface area (Å²) >= 11 is 6.52. The lowest BCUT2D eigenvalue weighted by Crippen LogP contribution is -2.39. The molecule has 0 atom stereocenters. The predicted octanol–water partition coefficient (Wildman–Crippen LogP) is 8.12. The zero-order valence-electron chi connectivity index (χ0n) is 36.4. The second-order valence-corrected chi connectivity index (χ2v) is 20.3. The quantitative estimate of drug-likeness (QED) is 0.0595. The third-order valence-corrected chi connectivity index (χ3v) is 14.6. The number of carbonyl (C=O) groups excluding carboxylic acids is 3. The number of aromatic nitrogens is 2. The number of hydrogen-bond donors (Lipinski definition) is 5. The molecule has 0 unspecified atom stereocenters. The van der Waals surface area contributed by atoms with Crippen LogP contribution < -0.4 is 26.6 Å². The summed E-state index contributed by atoms with van der Waals surface area (Å²) in [5.41, 5.74) is 5.99. The van der Waals surface area contributed by atoms with E-state index in [1.165, 1.54) is 26.5 Å². The Labute approximate surface area is 384 Å². The van der Waals surface area contributed by atoms with E-state index in [0.717, 1.165) is 83.4 Å². The minimum absolute atomic E-state index is 0.0267. The van der Waals surface area contributed by atoms with E-state index in [1.54, 1.807) is 53.1 Å². The molecule has 3 amide bonds. The fourth-order valence-electron chi connectivity index (χ4n) is 7.19. The maximum atomic E-state index is 12.8. The average molecular weight is 933 g/mol. The number of thiophene rings is 2. The van der Waals surface area contributed by atoms with E-state index in [4.69, 9.17) is 24.2 Å². The van der Waals surface area contributed by atoms with Crippen molar-refractivity contribution in [3.63, 3.8) is 0 Å². The lowest BCUT2D eigenvalue weighted by Gasteiger charge is -2.30. The largest absolute Gasteiger partial charge is 0.444 e. The molecule has 8 rings (SSSR count). The number of ether oxygens (including phenoxy) is 3. The van der Waals surface area contributed by atoms with Crippen molar-refractivity contribution >= 4 is 93.7 Å². The number of para-hydroxylation sites is 2. The number of rotatable bonds is 16. The molecular weight excluding hydrogens is 877 g/mol. The molecule has 6 heterocycles. The smallest absolute Gasteiger partial charge is 0.410 e. The number of nitrogens with zero attached hydrogens (tertiary/aromatic N) is 3. The van der Waals surface area contributed by atoms with Crippen LogP contribution in [-0.4, -0.2) is 105 Å². The van der Waals surface area contributed by atoms with Crippen LogP contribution >= 0.6 is 45.3 Å². The normalized spacial score (nSPS) is 13.6. The number of thiazole rings is 2. The first-order valence-corrected chi connectivity index (χ1v) is 24.5. The van der Waals surface area contributed by atoms with Gasteiger partial charge in [0, 0.05) is 87.2 Å². The summed E-state index contributed by atoms with van der Waals surface area (Å²) in [7, 11) is 3.33. The van der Waals surface area contributed by atoms with Crippen LogP contribution in [0.4, 0.5) is 14.8 Å². The molecule has 63 heavy (non-hydrogen) atoms. The zero-order valence-corrected chi connectivity index (χ0v) is 39.7. The average Bonchev–Trinajstić information content (AvgIpc) is 4.04. The van der Waals surface area contributed by atoms with Gasteiger partial charge in [0.15, 0.2) is 0 Å². The molecule has 0 saturated heterocycles. The van der Waals surface area contributed by atoms with E-state index in [2.05, 4.69) is 38.7 Å². The molecule has 0 aliphatic carbocycles. The number of amides is 3. The molecule has 4 aromatic heterocycles. The van der Waals surface area contributed by atoms with Gasteiger partial charge in [-0.15, -0.1) is 45.3 Å². The fraction of sp³-hybridized carbons (Fsp3) is 0.444. The number of anilines is 2. The maximum absolute atomic E-state index is 12.8. The molecule has 2 aliphatic heterocycles. The highest BCUT2D eigenvalue weighted by Gasteiger charge is 2.32. The molecule has 2 aliphatic rings. The van der Waals surface area contributed by atoms with Crippen molar-refractivity contribution in [1.29, 1.82) is 0 Å². The van der Waals surface area contributed by atoms with Crippen LogP contribution in [0.15, 0.2) is 48.5 Å². The van der Waals surface area contributed by atoms with Crippen molar-refractivity contribution in [2.45, 2.75) is 65.1 Å². The van der Waals surface area contributed by atoms with Crippen LogP contribution in [0.1, 0.15) is 54.5 Å². The van der Waals surface area contributed by atoms with Crippen molar-refractivity contribution in [3.8, 4) is 21.1 Å². The number of fused-ring (bicyclic) bond motifs is 4. The minimum atomic E-state index is -0.546. The molecular formula is C45H56N8O6S4. The Morgan fingerprint density at radius 3 is 1.76 bits per heavy atom. The molecule has 5 N–H and O–H groups in total. The van der Waals surface area contributed by atoms with E-state index in [9.17, 15) is 14.4 Å². The Morgan fingerprint density at radius 2 is 1.24 bits per heavy atom. The Bertz CT molecular complexity index is 2440. The van der Waals surface area contributed by atoms with Gasteiger partial charge in [0.1, 0.15) is 25.6 Å². The number of hydrogen-bond acceptors (Lipinski definition) is 15. The topological polar surface area (TPSA) is 168 Å².